The van der Waals surface area contributed by atoms with E-state index in [0.717, 1.165) is 12.8 Å². The lowest BCUT2D eigenvalue weighted by Crippen LogP contribution is -2.59. The summed E-state index contributed by atoms with van der Waals surface area (Å²) in [6.45, 7) is 1.68. The molecule has 1 heterocycles. The molecule has 27 heavy (non-hydrogen) atoms. The maximum Gasteiger partial charge on any atom is 0.306 e. The van der Waals surface area contributed by atoms with Gasteiger partial charge in [0.2, 0.25) is 0 Å². The molecule has 160 valence electrons. The van der Waals surface area contributed by atoms with Gasteiger partial charge in [-0.25, -0.2) is 0 Å². The van der Waals surface area contributed by atoms with Gasteiger partial charge < -0.3 is 29.9 Å². The highest BCUT2D eigenvalue weighted by Gasteiger charge is 2.45. The van der Waals surface area contributed by atoms with E-state index in [1.807, 2.05) is 0 Å². The summed E-state index contributed by atoms with van der Waals surface area (Å²) in [5.41, 5.74) is 0. The predicted octanol–water partition coefficient (Wildman–Crippen LogP) is 2.03. The van der Waals surface area contributed by atoms with E-state index in [1.165, 1.54) is 51.4 Å². The van der Waals surface area contributed by atoms with Crippen molar-refractivity contribution >= 4 is 5.97 Å². The first-order valence-corrected chi connectivity index (χ1v) is 10.5. The maximum atomic E-state index is 11.9. The Morgan fingerprint density at radius 1 is 0.852 bits per heavy atom. The average molecular weight is 391 g/mol. The maximum absolute atomic E-state index is 11.9. The van der Waals surface area contributed by atoms with Crippen molar-refractivity contribution in [3.8, 4) is 0 Å². The van der Waals surface area contributed by atoms with Crippen molar-refractivity contribution in [3.05, 3.63) is 0 Å². The number of unbranched alkanes of at least 4 members (excludes halogenated alkanes) is 10. The van der Waals surface area contributed by atoms with E-state index >= 15 is 0 Å². The third-order valence-corrected chi connectivity index (χ3v) is 5.09. The normalized spacial score (nSPS) is 28.3. The van der Waals surface area contributed by atoms with Crippen molar-refractivity contribution in [1.82, 2.24) is 0 Å². The van der Waals surface area contributed by atoms with Crippen molar-refractivity contribution in [2.45, 2.75) is 115 Å². The first-order valence-electron chi connectivity index (χ1n) is 10.5. The molecule has 7 heteroatoms. The van der Waals surface area contributed by atoms with Crippen LogP contribution in [0.25, 0.3) is 0 Å². The molecule has 0 aliphatic carbocycles. The smallest absolute Gasteiger partial charge is 0.306 e. The Bertz CT molecular complexity index is 391. The largest absolute Gasteiger partial charge is 0.456 e. The Balaban J connectivity index is 2.09. The van der Waals surface area contributed by atoms with Crippen molar-refractivity contribution in [3.63, 3.8) is 0 Å². The van der Waals surface area contributed by atoms with Crippen LogP contribution in [0.1, 0.15) is 84.0 Å². The fraction of sp³-hybridized carbons (Fsp3) is 0.950. The molecular weight excluding hydrogens is 352 g/mol. The third kappa shape index (κ3) is 9.34. The van der Waals surface area contributed by atoms with Crippen LogP contribution in [0.3, 0.4) is 0 Å². The predicted molar refractivity (Wildman–Crippen MR) is 101 cm³/mol. The van der Waals surface area contributed by atoms with Crippen molar-refractivity contribution in [2.75, 3.05) is 6.61 Å². The zero-order chi connectivity index (χ0) is 20.1. The molecule has 0 spiro atoms. The number of ether oxygens (including phenoxy) is 2. The van der Waals surface area contributed by atoms with E-state index in [1.54, 1.807) is 0 Å². The topological polar surface area (TPSA) is 116 Å². The SMILES string of the molecule is CCCCCCCCCCCCCC(=O)O[C@@H]1[C@@H](O)[C@H](O)O[C@H](CO)[C@H]1O. The third-order valence-electron chi connectivity index (χ3n) is 5.09. The monoisotopic (exact) mass is 390 g/mol. The zero-order valence-electron chi connectivity index (χ0n) is 16.6. The Morgan fingerprint density at radius 2 is 1.37 bits per heavy atom. The molecule has 7 nitrogen and oxygen atoms in total. The quantitative estimate of drug-likeness (QED) is 0.265. The minimum atomic E-state index is -1.61. The van der Waals surface area contributed by atoms with Gasteiger partial charge in [-0.2, -0.15) is 0 Å². The molecule has 0 radical (unpaired) electrons. The van der Waals surface area contributed by atoms with E-state index in [2.05, 4.69) is 6.92 Å². The number of carbonyl (C=O) groups is 1. The lowest BCUT2D eigenvalue weighted by atomic mass is 9.99. The molecule has 0 amide bonds. The van der Waals surface area contributed by atoms with Crippen LogP contribution in [0.5, 0.6) is 0 Å². The molecular formula is C20H38O7. The summed E-state index contributed by atoms with van der Waals surface area (Å²) in [7, 11) is 0. The fourth-order valence-electron chi connectivity index (χ4n) is 3.35. The van der Waals surface area contributed by atoms with Gasteiger partial charge in [-0.05, 0) is 6.42 Å². The summed E-state index contributed by atoms with van der Waals surface area (Å²) in [6.07, 6.45) is 6.25. The van der Waals surface area contributed by atoms with Gasteiger partial charge in [-0.1, -0.05) is 71.1 Å². The zero-order valence-corrected chi connectivity index (χ0v) is 16.6. The molecule has 1 aliphatic heterocycles. The molecule has 0 bridgehead atoms. The summed E-state index contributed by atoms with van der Waals surface area (Å²) in [4.78, 5) is 11.9. The molecule has 4 N–H and O–H groups in total. The molecule has 0 aromatic rings. The molecule has 0 aromatic carbocycles. The van der Waals surface area contributed by atoms with Gasteiger partial charge in [0.05, 0.1) is 6.61 Å². The van der Waals surface area contributed by atoms with Gasteiger partial charge in [0.25, 0.3) is 0 Å². The summed E-state index contributed by atoms with van der Waals surface area (Å²) >= 11 is 0. The molecule has 0 saturated carbocycles. The summed E-state index contributed by atoms with van der Waals surface area (Å²) < 4.78 is 9.98. The molecule has 1 fully saturated rings. The second-order valence-corrected chi connectivity index (χ2v) is 7.47. The number of aliphatic hydroxyl groups excluding tert-OH is 4. The number of hydrogen-bond donors (Lipinski definition) is 4. The van der Waals surface area contributed by atoms with Crippen molar-refractivity contribution in [2.24, 2.45) is 0 Å². The van der Waals surface area contributed by atoms with Gasteiger partial charge in [-0.3, -0.25) is 4.79 Å². The summed E-state index contributed by atoms with van der Waals surface area (Å²) in [6, 6.07) is 0. The summed E-state index contributed by atoms with van der Waals surface area (Å²) in [5.74, 6) is -0.528. The van der Waals surface area contributed by atoms with Gasteiger partial charge in [0.15, 0.2) is 12.4 Å². The van der Waals surface area contributed by atoms with Crippen LogP contribution in [0, 0.1) is 0 Å². The highest BCUT2D eigenvalue weighted by molar-refractivity contribution is 5.69. The van der Waals surface area contributed by atoms with Gasteiger partial charge >= 0.3 is 5.97 Å². The Kier molecular flexibility index (Phi) is 12.9. The summed E-state index contributed by atoms with van der Waals surface area (Å²) in [5, 5.41) is 38.5. The second-order valence-electron chi connectivity index (χ2n) is 7.47. The Hall–Kier alpha value is -0.730. The number of carbonyl (C=O) groups excluding carboxylic acids is 1. The lowest BCUT2D eigenvalue weighted by Gasteiger charge is -2.39. The number of hydrogen-bond acceptors (Lipinski definition) is 7. The lowest BCUT2D eigenvalue weighted by molar-refractivity contribution is -0.289. The molecule has 0 aromatic heterocycles. The van der Waals surface area contributed by atoms with E-state index in [-0.39, 0.29) is 6.42 Å². The van der Waals surface area contributed by atoms with Crippen LogP contribution in [-0.4, -0.2) is 63.7 Å². The molecule has 5 atom stereocenters. The first kappa shape index (κ1) is 24.3. The van der Waals surface area contributed by atoms with Crippen LogP contribution in [-0.2, 0) is 14.3 Å². The van der Waals surface area contributed by atoms with Crippen molar-refractivity contribution in [1.29, 1.82) is 0 Å². The van der Waals surface area contributed by atoms with Gasteiger partial charge in [0, 0.05) is 6.42 Å². The number of esters is 1. The van der Waals surface area contributed by atoms with Crippen LogP contribution in [0.2, 0.25) is 0 Å². The fourth-order valence-corrected chi connectivity index (χ4v) is 3.35. The molecule has 1 rings (SSSR count). The molecule has 1 aliphatic rings. The van der Waals surface area contributed by atoms with E-state index < -0.39 is 43.3 Å². The van der Waals surface area contributed by atoms with Gasteiger partial charge in [0.1, 0.15) is 18.3 Å². The van der Waals surface area contributed by atoms with E-state index in [0.29, 0.717) is 6.42 Å². The van der Waals surface area contributed by atoms with Gasteiger partial charge in [-0.15, -0.1) is 0 Å². The average Bonchev–Trinajstić information content (AvgIpc) is 2.66. The van der Waals surface area contributed by atoms with E-state index in [4.69, 9.17) is 14.6 Å². The minimum Gasteiger partial charge on any atom is -0.456 e. The minimum absolute atomic E-state index is 0.202. The standard InChI is InChI=1S/C20H38O7/c1-2-3-4-5-6-7-8-9-10-11-12-13-16(22)27-19-17(23)15(14-21)26-20(25)18(19)24/h15,17-21,23-25H,2-14H2,1H3/t15-,17-,18-,19+,20-/m1/s1. The highest BCUT2D eigenvalue weighted by atomic mass is 16.7. The second kappa shape index (κ2) is 14.3. The van der Waals surface area contributed by atoms with Crippen LogP contribution >= 0.6 is 0 Å². The van der Waals surface area contributed by atoms with E-state index in [9.17, 15) is 20.1 Å². The van der Waals surface area contributed by atoms with Crippen molar-refractivity contribution < 1.29 is 34.7 Å². The Labute approximate surface area is 162 Å². The molecule has 0 unspecified atom stereocenters. The van der Waals surface area contributed by atoms with Crippen LogP contribution in [0.15, 0.2) is 0 Å². The molecule has 1 saturated heterocycles. The number of rotatable bonds is 14. The number of aliphatic hydroxyl groups is 4. The Morgan fingerprint density at radius 3 is 1.89 bits per heavy atom. The first-order chi connectivity index (χ1) is 13.0. The van der Waals surface area contributed by atoms with Crippen LogP contribution in [0.4, 0.5) is 0 Å². The highest BCUT2D eigenvalue weighted by Crippen LogP contribution is 2.23. The van der Waals surface area contributed by atoms with Crippen LogP contribution < -0.4 is 0 Å².